The number of hydrogen-bond acceptors (Lipinski definition) is 8. The van der Waals surface area contributed by atoms with Crippen LogP contribution >= 0.6 is 11.3 Å². The molecule has 1 aliphatic heterocycles. The minimum Gasteiger partial charge on any atom is -0.460 e. The third-order valence-corrected chi connectivity index (χ3v) is 5.46. The number of aromatic nitrogens is 2. The zero-order valence-electron chi connectivity index (χ0n) is 16.9. The summed E-state index contributed by atoms with van der Waals surface area (Å²) < 4.78 is 15.4. The Hall–Kier alpha value is -2.27. The highest BCUT2D eigenvalue weighted by molar-refractivity contribution is 7.13. The van der Waals surface area contributed by atoms with Gasteiger partial charge in [0.15, 0.2) is 5.13 Å². The van der Waals surface area contributed by atoms with Crippen LogP contribution in [0.5, 0.6) is 0 Å². The molecular weight excluding hydrogens is 396 g/mol. The van der Waals surface area contributed by atoms with Gasteiger partial charge in [-0.1, -0.05) is 0 Å². The van der Waals surface area contributed by atoms with Gasteiger partial charge in [0.2, 0.25) is 0 Å². The van der Waals surface area contributed by atoms with Gasteiger partial charge in [0, 0.05) is 37.8 Å². The molecule has 0 spiro atoms. The number of H-pyrrole nitrogens is 1. The Labute approximate surface area is 173 Å². The van der Waals surface area contributed by atoms with Crippen molar-refractivity contribution in [2.75, 3.05) is 51.9 Å². The van der Waals surface area contributed by atoms with Crippen molar-refractivity contribution in [1.82, 2.24) is 14.9 Å². The highest BCUT2D eigenvalue weighted by atomic mass is 32.1. The van der Waals surface area contributed by atoms with E-state index in [9.17, 15) is 9.59 Å². The maximum Gasteiger partial charge on any atom is 0.340 e. The molecule has 0 atom stereocenters. The molecule has 1 fully saturated rings. The van der Waals surface area contributed by atoms with E-state index in [4.69, 9.17) is 14.2 Å². The average molecular weight is 423 g/mol. The zero-order chi connectivity index (χ0) is 20.8. The van der Waals surface area contributed by atoms with E-state index >= 15 is 0 Å². The SMILES string of the molecule is COCCOC(=O)c1c(C)[nH]c(C(=O)Nc2nc(CN3CCOCC3)cs2)c1C. The number of rotatable bonds is 8. The molecule has 2 aromatic rings. The molecule has 3 rings (SSSR count). The smallest absolute Gasteiger partial charge is 0.340 e. The highest BCUT2D eigenvalue weighted by Gasteiger charge is 2.23. The van der Waals surface area contributed by atoms with Gasteiger partial charge in [-0.2, -0.15) is 0 Å². The van der Waals surface area contributed by atoms with Crippen LogP contribution in [0.2, 0.25) is 0 Å². The molecule has 0 bridgehead atoms. The summed E-state index contributed by atoms with van der Waals surface area (Å²) in [6, 6.07) is 0. The van der Waals surface area contributed by atoms with Crippen molar-refractivity contribution in [3.05, 3.63) is 33.6 Å². The second-order valence-corrected chi connectivity index (χ2v) is 7.60. The Morgan fingerprint density at radius 1 is 1.31 bits per heavy atom. The number of esters is 1. The Bertz CT molecular complexity index is 857. The standard InChI is InChI=1S/C19H26N4O5S/c1-12-15(18(25)28-9-8-26-3)13(2)20-16(12)17(24)22-19-21-14(11-29-19)10-23-4-6-27-7-5-23/h11,20H,4-10H2,1-3H3,(H,21,22,24). The molecule has 3 heterocycles. The monoisotopic (exact) mass is 422 g/mol. The van der Waals surface area contributed by atoms with Crippen LogP contribution in [0.3, 0.4) is 0 Å². The number of aryl methyl sites for hydroxylation is 1. The molecule has 0 unspecified atom stereocenters. The number of hydrogen-bond donors (Lipinski definition) is 2. The second kappa shape index (κ2) is 9.97. The summed E-state index contributed by atoms with van der Waals surface area (Å²) in [5, 5.41) is 5.27. The number of ether oxygens (including phenoxy) is 3. The number of aromatic amines is 1. The number of amides is 1. The fourth-order valence-corrected chi connectivity index (χ4v) is 3.85. The lowest BCUT2D eigenvalue weighted by Crippen LogP contribution is -2.35. The highest BCUT2D eigenvalue weighted by Crippen LogP contribution is 2.22. The fourth-order valence-electron chi connectivity index (χ4n) is 3.16. The van der Waals surface area contributed by atoms with Gasteiger partial charge in [0.05, 0.1) is 31.1 Å². The molecule has 1 saturated heterocycles. The van der Waals surface area contributed by atoms with E-state index in [2.05, 4.69) is 20.2 Å². The van der Waals surface area contributed by atoms with Crippen molar-refractivity contribution in [2.24, 2.45) is 0 Å². The molecule has 9 nitrogen and oxygen atoms in total. The number of nitrogens with zero attached hydrogens (tertiary/aromatic N) is 2. The molecule has 2 N–H and O–H groups in total. The van der Waals surface area contributed by atoms with Crippen LogP contribution in [-0.2, 0) is 20.8 Å². The number of nitrogens with one attached hydrogen (secondary N) is 2. The molecule has 29 heavy (non-hydrogen) atoms. The van der Waals surface area contributed by atoms with Crippen LogP contribution in [0.1, 0.15) is 37.8 Å². The lowest BCUT2D eigenvalue weighted by atomic mass is 10.1. The molecule has 0 saturated carbocycles. The van der Waals surface area contributed by atoms with Crippen LogP contribution in [0, 0.1) is 13.8 Å². The van der Waals surface area contributed by atoms with Crippen molar-refractivity contribution >= 4 is 28.3 Å². The van der Waals surface area contributed by atoms with Crippen molar-refractivity contribution in [3.8, 4) is 0 Å². The number of thiazole rings is 1. The summed E-state index contributed by atoms with van der Waals surface area (Å²) in [6.45, 7) is 7.88. The maximum atomic E-state index is 12.7. The zero-order valence-corrected chi connectivity index (χ0v) is 17.7. The molecule has 1 amide bonds. The first-order valence-electron chi connectivity index (χ1n) is 9.40. The molecule has 0 radical (unpaired) electrons. The fraction of sp³-hybridized carbons (Fsp3) is 0.526. The van der Waals surface area contributed by atoms with Crippen molar-refractivity contribution in [1.29, 1.82) is 0 Å². The van der Waals surface area contributed by atoms with Gasteiger partial charge in [-0.05, 0) is 19.4 Å². The summed E-state index contributed by atoms with van der Waals surface area (Å²) in [5.41, 5.74) is 2.74. The Kier molecular flexibility index (Phi) is 7.37. The quantitative estimate of drug-likeness (QED) is 0.495. The van der Waals surface area contributed by atoms with Gasteiger partial charge in [-0.25, -0.2) is 9.78 Å². The van der Waals surface area contributed by atoms with Gasteiger partial charge in [-0.3, -0.25) is 15.0 Å². The summed E-state index contributed by atoms with van der Waals surface area (Å²) in [6.07, 6.45) is 0. The van der Waals surface area contributed by atoms with Gasteiger partial charge >= 0.3 is 5.97 Å². The number of anilines is 1. The molecule has 1 aliphatic rings. The first kappa shape index (κ1) is 21.4. The first-order chi connectivity index (χ1) is 14.0. The molecule has 158 valence electrons. The van der Waals surface area contributed by atoms with Crippen LogP contribution in [0.25, 0.3) is 0 Å². The lowest BCUT2D eigenvalue weighted by molar-refractivity contribution is 0.0337. The predicted octanol–water partition coefficient (Wildman–Crippen LogP) is 1.98. The van der Waals surface area contributed by atoms with E-state index in [1.54, 1.807) is 13.8 Å². The van der Waals surface area contributed by atoms with E-state index in [1.807, 2.05) is 5.38 Å². The van der Waals surface area contributed by atoms with Crippen LogP contribution in [-0.4, -0.2) is 73.4 Å². The van der Waals surface area contributed by atoms with Gasteiger partial charge in [-0.15, -0.1) is 11.3 Å². The van der Waals surface area contributed by atoms with E-state index in [0.29, 0.717) is 34.3 Å². The number of morpholine rings is 1. The summed E-state index contributed by atoms with van der Waals surface area (Å²) in [5.74, 6) is -0.816. The lowest BCUT2D eigenvalue weighted by Gasteiger charge is -2.25. The van der Waals surface area contributed by atoms with Gasteiger partial charge < -0.3 is 19.2 Å². The molecule has 0 aliphatic carbocycles. The van der Waals surface area contributed by atoms with Gasteiger partial charge in [0.25, 0.3) is 5.91 Å². The third kappa shape index (κ3) is 5.41. The normalized spacial score (nSPS) is 14.7. The Morgan fingerprint density at radius 3 is 2.79 bits per heavy atom. The number of methoxy groups -OCH3 is 1. The third-order valence-electron chi connectivity index (χ3n) is 4.65. The molecular formula is C19H26N4O5S. The Morgan fingerprint density at radius 2 is 2.07 bits per heavy atom. The van der Waals surface area contributed by atoms with Gasteiger partial charge in [0.1, 0.15) is 12.3 Å². The van der Waals surface area contributed by atoms with E-state index < -0.39 is 5.97 Å². The van der Waals surface area contributed by atoms with E-state index in [1.165, 1.54) is 18.4 Å². The minimum absolute atomic E-state index is 0.159. The van der Waals surface area contributed by atoms with Crippen molar-refractivity contribution in [3.63, 3.8) is 0 Å². The number of carbonyl (C=O) groups excluding carboxylic acids is 2. The largest absolute Gasteiger partial charge is 0.460 e. The van der Waals surface area contributed by atoms with Crippen LogP contribution in [0.15, 0.2) is 5.38 Å². The predicted molar refractivity (Wildman–Crippen MR) is 109 cm³/mol. The average Bonchev–Trinajstić information content (AvgIpc) is 3.26. The topological polar surface area (TPSA) is 106 Å². The molecule has 0 aromatic carbocycles. The number of carbonyl (C=O) groups is 2. The van der Waals surface area contributed by atoms with Crippen LogP contribution in [0.4, 0.5) is 5.13 Å². The molecule has 10 heteroatoms. The first-order valence-corrected chi connectivity index (χ1v) is 10.3. The second-order valence-electron chi connectivity index (χ2n) is 6.74. The minimum atomic E-state index is -0.477. The molecule has 2 aromatic heterocycles. The summed E-state index contributed by atoms with van der Waals surface area (Å²) in [7, 11) is 1.54. The Balaban J connectivity index is 1.63. The van der Waals surface area contributed by atoms with E-state index in [-0.39, 0.29) is 12.5 Å². The van der Waals surface area contributed by atoms with E-state index in [0.717, 1.165) is 38.5 Å². The summed E-state index contributed by atoms with van der Waals surface area (Å²) >= 11 is 1.38. The maximum absolute atomic E-state index is 12.7. The summed E-state index contributed by atoms with van der Waals surface area (Å²) in [4.78, 5) is 34.8. The van der Waals surface area contributed by atoms with Crippen molar-refractivity contribution in [2.45, 2.75) is 20.4 Å². The van der Waals surface area contributed by atoms with Crippen molar-refractivity contribution < 1.29 is 23.8 Å². The van der Waals surface area contributed by atoms with Crippen LogP contribution < -0.4 is 5.32 Å².